The lowest BCUT2D eigenvalue weighted by Crippen LogP contribution is -2.47. The number of hydrogen-bond acceptors (Lipinski definition) is 4. The molecule has 2 amide bonds. The summed E-state index contributed by atoms with van der Waals surface area (Å²) in [5.41, 5.74) is 6.61. The Morgan fingerprint density at radius 2 is 2.00 bits per heavy atom. The van der Waals surface area contributed by atoms with Gasteiger partial charge in [0.25, 0.3) is 5.91 Å². The molecule has 1 aromatic rings. The summed E-state index contributed by atoms with van der Waals surface area (Å²) >= 11 is 0. The van der Waals surface area contributed by atoms with Gasteiger partial charge in [-0.3, -0.25) is 9.59 Å². The number of amides is 2. The topological polar surface area (TPSA) is 88.6 Å². The van der Waals surface area contributed by atoms with Gasteiger partial charge in [0.2, 0.25) is 5.91 Å². The number of halogens is 1. The van der Waals surface area contributed by atoms with Gasteiger partial charge in [0.1, 0.15) is 6.26 Å². The summed E-state index contributed by atoms with van der Waals surface area (Å²) in [5.74, 6) is 0.435. The first-order chi connectivity index (χ1) is 11.1. The minimum Gasteiger partial charge on any atom is -0.472 e. The summed E-state index contributed by atoms with van der Waals surface area (Å²) in [4.78, 5) is 26.2. The number of piperidine rings is 1. The zero-order chi connectivity index (χ0) is 16.2. The molecule has 2 atom stereocenters. The Labute approximate surface area is 148 Å². The fourth-order valence-electron chi connectivity index (χ4n) is 3.64. The molecule has 0 radical (unpaired) electrons. The number of rotatable bonds is 4. The second-order valence-electron chi connectivity index (χ2n) is 6.70. The molecule has 3 N–H and O–H groups in total. The Morgan fingerprint density at radius 1 is 1.25 bits per heavy atom. The Balaban J connectivity index is 0.00000208. The second kappa shape index (κ2) is 8.53. The average Bonchev–Trinajstić information content (AvgIpc) is 3.20. The van der Waals surface area contributed by atoms with E-state index >= 15 is 0 Å². The highest BCUT2D eigenvalue weighted by molar-refractivity contribution is 5.93. The van der Waals surface area contributed by atoms with Crippen LogP contribution in [0.25, 0.3) is 0 Å². The van der Waals surface area contributed by atoms with Gasteiger partial charge in [0, 0.05) is 31.6 Å². The number of nitrogens with zero attached hydrogens (tertiary/aromatic N) is 1. The summed E-state index contributed by atoms with van der Waals surface area (Å²) in [7, 11) is 0. The van der Waals surface area contributed by atoms with Crippen LogP contribution >= 0.6 is 12.4 Å². The van der Waals surface area contributed by atoms with Crippen LogP contribution < -0.4 is 11.1 Å². The van der Waals surface area contributed by atoms with Crippen LogP contribution in [-0.2, 0) is 4.79 Å². The molecule has 1 aromatic heterocycles. The fraction of sp³-hybridized carbons (Fsp3) is 0.647. The maximum atomic E-state index is 12.2. The largest absolute Gasteiger partial charge is 0.472 e. The highest BCUT2D eigenvalue weighted by Crippen LogP contribution is 2.26. The van der Waals surface area contributed by atoms with Crippen LogP contribution in [0.5, 0.6) is 0 Å². The minimum absolute atomic E-state index is 0. The third-order valence-electron chi connectivity index (χ3n) is 5.08. The van der Waals surface area contributed by atoms with Gasteiger partial charge in [-0.2, -0.15) is 0 Å². The Morgan fingerprint density at radius 3 is 2.58 bits per heavy atom. The van der Waals surface area contributed by atoms with Gasteiger partial charge >= 0.3 is 0 Å². The Kier molecular flexibility index (Phi) is 6.69. The lowest BCUT2D eigenvalue weighted by Gasteiger charge is -2.32. The van der Waals surface area contributed by atoms with Crippen molar-refractivity contribution in [3.8, 4) is 0 Å². The zero-order valence-corrected chi connectivity index (χ0v) is 14.6. The highest BCUT2D eigenvalue weighted by atomic mass is 35.5. The van der Waals surface area contributed by atoms with Crippen molar-refractivity contribution in [2.24, 2.45) is 11.7 Å². The van der Waals surface area contributed by atoms with E-state index in [0.717, 1.165) is 32.1 Å². The molecule has 1 saturated heterocycles. The smallest absolute Gasteiger partial charge is 0.257 e. The van der Waals surface area contributed by atoms with E-state index in [1.54, 1.807) is 6.07 Å². The molecule has 0 aromatic carbocycles. The normalized spacial score (nSPS) is 24.5. The van der Waals surface area contributed by atoms with E-state index in [9.17, 15) is 9.59 Å². The summed E-state index contributed by atoms with van der Waals surface area (Å²) < 4.78 is 4.96. The monoisotopic (exact) mass is 355 g/mol. The zero-order valence-electron chi connectivity index (χ0n) is 13.8. The van der Waals surface area contributed by atoms with Gasteiger partial charge in [-0.1, -0.05) is 6.42 Å². The summed E-state index contributed by atoms with van der Waals surface area (Å²) in [6.07, 6.45) is 8.34. The molecule has 7 heteroatoms. The van der Waals surface area contributed by atoms with Gasteiger partial charge in [-0.15, -0.1) is 12.4 Å². The van der Waals surface area contributed by atoms with Crippen molar-refractivity contribution in [2.75, 3.05) is 13.1 Å². The summed E-state index contributed by atoms with van der Waals surface area (Å²) in [6.45, 7) is 1.33. The van der Waals surface area contributed by atoms with Crippen molar-refractivity contribution in [1.29, 1.82) is 0 Å². The maximum Gasteiger partial charge on any atom is 0.257 e. The molecule has 6 nitrogen and oxygen atoms in total. The van der Waals surface area contributed by atoms with E-state index in [1.165, 1.54) is 12.5 Å². The van der Waals surface area contributed by atoms with E-state index in [0.29, 0.717) is 31.0 Å². The van der Waals surface area contributed by atoms with Crippen molar-refractivity contribution in [3.05, 3.63) is 24.2 Å². The number of carbonyl (C=O) groups is 2. The van der Waals surface area contributed by atoms with Crippen molar-refractivity contribution in [2.45, 2.75) is 50.6 Å². The van der Waals surface area contributed by atoms with E-state index in [-0.39, 0.29) is 36.3 Å². The first-order valence-electron chi connectivity index (χ1n) is 8.50. The number of nitrogens with two attached hydrogens (primary N) is 1. The molecule has 1 saturated carbocycles. The van der Waals surface area contributed by atoms with Crippen LogP contribution in [0, 0.1) is 5.92 Å². The molecule has 3 rings (SSSR count). The molecular weight excluding hydrogens is 330 g/mol. The van der Waals surface area contributed by atoms with Crippen molar-refractivity contribution >= 4 is 24.2 Å². The van der Waals surface area contributed by atoms with Crippen LogP contribution in [0.2, 0.25) is 0 Å². The SMILES string of the molecule is Cl.N[C@@H]1CCC[C@H]1CC(=O)NC1CCN(C(=O)c2ccoc2)CC1. The molecular formula is C17H26ClN3O3. The van der Waals surface area contributed by atoms with Gasteiger partial charge < -0.3 is 20.4 Å². The van der Waals surface area contributed by atoms with E-state index < -0.39 is 0 Å². The number of furan rings is 1. The first kappa shape index (κ1) is 18.8. The number of likely N-dealkylation sites (tertiary alicyclic amines) is 1. The van der Waals surface area contributed by atoms with Gasteiger partial charge in [-0.25, -0.2) is 0 Å². The van der Waals surface area contributed by atoms with Crippen molar-refractivity contribution in [1.82, 2.24) is 10.2 Å². The molecule has 0 bridgehead atoms. The molecule has 0 unspecified atom stereocenters. The van der Waals surface area contributed by atoms with E-state index in [1.807, 2.05) is 4.90 Å². The minimum atomic E-state index is 0. The molecule has 2 heterocycles. The first-order valence-corrected chi connectivity index (χ1v) is 8.50. The third-order valence-corrected chi connectivity index (χ3v) is 5.08. The van der Waals surface area contributed by atoms with Crippen LogP contribution in [0.4, 0.5) is 0 Å². The number of nitrogens with one attached hydrogen (secondary N) is 1. The Hall–Kier alpha value is -1.53. The molecule has 2 fully saturated rings. The predicted molar refractivity (Wildman–Crippen MR) is 93.0 cm³/mol. The van der Waals surface area contributed by atoms with Crippen LogP contribution in [0.15, 0.2) is 23.0 Å². The maximum absolute atomic E-state index is 12.2. The molecule has 1 aliphatic carbocycles. The third kappa shape index (κ3) is 4.51. The molecule has 0 spiro atoms. The van der Waals surface area contributed by atoms with Crippen LogP contribution in [0.3, 0.4) is 0 Å². The molecule has 1 aliphatic heterocycles. The van der Waals surface area contributed by atoms with Crippen molar-refractivity contribution < 1.29 is 14.0 Å². The second-order valence-corrected chi connectivity index (χ2v) is 6.70. The number of hydrogen-bond donors (Lipinski definition) is 2. The standard InChI is InChI=1S/C17H25N3O3.ClH/c18-15-3-1-2-12(15)10-16(21)19-14-4-7-20(8-5-14)17(22)13-6-9-23-11-13;/h6,9,11-12,14-15H,1-5,7-8,10,18H2,(H,19,21);1H/t12-,15+;/m0./s1. The molecule has 134 valence electrons. The van der Waals surface area contributed by atoms with Crippen LogP contribution in [-0.4, -0.2) is 41.9 Å². The fourth-order valence-corrected chi connectivity index (χ4v) is 3.64. The lowest BCUT2D eigenvalue weighted by molar-refractivity contribution is -0.123. The van der Waals surface area contributed by atoms with Gasteiger partial charge in [0.05, 0.1) is 11.8 Å². The summed E-state index contributed by atoms with van der Waals surface area (Å²) in [5, 5.41) is 3.11. The predicted octanol–water partition coefficient (Wildman–Crippen LogP) is 1.94. The lowest BCUT2D eigenvalue weighted by atomic mass is 9.98. The molecule has 24 heavy (non-hydrogen) atoms. The quantitative estimate of drug-likeness (QED) is 0.863. The Bertz CT molecular complexity index is 541. The van der Waals surface area contributed by atoms with E-state index in [2.05, 4.69) is 5.32 Å². The van der Waals surface area contributed by atoms with Crippen molar-refractivity contribution in [3.63, 3.8) is 0 Å². The average molecular weight is 356 g/mol. The van der Waals surface area contributed by atoms with Gasteiger partial charge in [-0.05, 0) is 37.7 Å². The molecule has 2 aliphatic rings. The van der Waals surface area contributed by atoms with E-state index in [4.69, 9.17) is 10.2 Å². The van der Waals surface area contributed by atoms with Crippen LogP contribution in [0.1, 0.15) is 48.9 Å². The van der Waals surface area contributed by atoms with Gasteiger partial charge in [0.15, 0.2) is 0 Å². The summed E-state index contributed by atoms with van der Waals surface area (Å²) in [6, 6.07) is 2.02. The number of carbonyl (C=O) groups excluding carboxylic acids is 2. The highest BCUT2D eigenvalue weighted by Gasteiger charge is 2.28.